The van der Waals surface area contributed by atoms with Gasteiger partial charge in [0.2, 0.25) is 0 Å². The molecular weight excluding hydrogens is 228 g/mol. The van der Waals surface area contributed by atoms with Crippen molar-refractivity contribution in [2.24, 2.45) is 0 Å². The molecule has 0 atom stereocenters. The lowest BCUT2D eigenvalue weighted by Gasteiger charge is -2.13. The first kappa shape index (κ1) is 13.6. The van der Waals surface area contributed by atoms with Gasteiger partial charge >= 0.3 is 0 Å². The predicted molar refractivity (Wildman–Crippen MR) is 85.2 cm³/mol. The van der Waals surface area contributed by atoms with E-state index in [1.807, 2.05) is 6.08 Å². The molecule has 0 heterocycles. The third-order valence-electron chi connectivity index (χ3n) is 3.55. The van der Waals surface area contributed by atoms with Crippen molar-refractivity contribution in [2.45, 2.75) is 32.6 Å². The van der Waals surface area contributed by atoms with E-state index in [2.05, 4.69) is 62.0 Å². The molecule has 2 aromatic rings. The molecule has 0 aliphatic heterocycles. The topological polar surface area (TPSA) is 0 Å². The summed E-state index contributed by atoms with van der Waals surface area (Å²) >= 11 is 0. The molecule has 0 aromatic heterocycles. The number of benzene rings is 2. The highest BCUT2D eigenvalue weighted by Crippen LogP contribution is 2.28. The highest BCUT2D eigenvalue weighted by Gasteiger charge is 2.07. The van der Waals surface area contributed by atoms with Crippen molar-refractivity contribution in [3.8, 4) is 11.1 Å². The summed E-state index contributed by atoms with van der Waals surface area (Å²) in [5.74, 6) is 0. The lowest BCUT2D eigenvalue weighted by Crippen LogP contribution is -1.94. The molecule has 0 fully saturated rings. The van der Waals surface area contributed by atoms with E-state index in [1.54, 1.807) is 0 Å². The molecule has 0 nitrogen and oxygen atoms in total. The van der Waals surface area contributed by atoms with E-state index in [-0.39, 0.29) is 0 Å². The van der Waals surface area contributed by atoms with Gasteiger partial charge in [-0.3, -0.25) is 0 Å². The van der Waals surface area contributed by atoms with E-state index in [0.717, 1.165) is 6.42 Å². The standard InChI is InChI=1S/C19H22/c1-3-5-7-14-18-16(4-2)13-10-15-19(18)17-11-8-6-9-12-17/h4,6,8-13,15H,2-3,5,7,14H2,1H3. The quantitative estimate of drug-likeness (QED) is 0.574. The maximum Gasteiger partial charge on any atom is -0.0146 e. The van der Waals surface area contributed by atoms with Crippen LogP contribution in [0.2, 0.25) is 0 Å². The Morgan fingerprint density at radius 2 is 1.74 bits per heavy atom. The van der Waals surface area contributed by atoms with Gasteiger partial charge in [-0.25, -0.2) is 0 Å². The molecule has 19 heavy (non-hydrogen) atoms. The van der Waals surface area contributed by atoms with Crippen LogP contribution >= 0.6 is 0 Å². The summed E-state index contributed by atoms with van der Waals surface area (Å²) in [5.41, 5.74) is 5.38. The summed E-state index contributed by atoms with van der Waals surface area (Å²) in [6, 6.07) is 17.2. The third-order valence-corrected chi connectivity index (χ3v) is 3.55. The molecule has 2 aromatic carbocycles. The maximum atomic E-state index is 3.95. The second-order valence-corrected chi connectivity index (χ2v) is 4.90. The first-order valence-electron chi connectivity index (χ1n) is 7.16. The van der Waals surface area contributed by atoms with Crippen LogP contribution < -0.4 is 0 Å². The van der Waals surface area contributed by atoms with Crippen LogP contribution in [0.4, 0.5) is 0 Å². The first-order chi connectivity index (χ1) is 9.36. The molecule has 0 aliphatic rings. The fraction of sp³-hybridized carbons (Fsp3) is 0.263. The summed E-state index contributed by atoms with van der Waals surface area (Å²) in [5, 5.41) is 0. The third kappa shape index (κ3) is 3.35. The van der Waals surface area contributed by atoms with Gasteiger partial charge in [0.15, 0.2) is 0 Å². The van der Waals surface area contributed by atoms with Crippen molar-refractivity contribution >= 4 is 6.08 Å². The molecule has 0 amide bonds. The van der Waals surface area contributed by atoms with Crippen molar-refractivity contribution in [3.05, 3.63) is 66.2 Å². The smallest absolute Gasteiger partial charge is 0.0146 e. The fourth-order valence-electron chi connectivity index (χ4n) is 2.51. The second kappa shape index (κ2) is 6.94. The van der Waals surface area contributed by atoms with Crippen molar-refractivity contribution in [1.29, 1.82) is 0 Å². The average Bonchev–Trinajstić information content (AvgIpc) is 2.48. The van der Waals surface area contributed by atoms with Gasteiger partial charge in [0, 0.05) is 0 Å². The molecule has 0 unspecified atom stereocenters. The second-order valence-electron chi connectivity index (χ2n) is 4.90. The van der Waals surface area contributed by atoms with Crippen LogP contribution in [0.3, 0.4) is 0 Å². The zero-order chi connectivity index (χ0) is 13.5. The minimum Gasteiger partial charge on any atom is -0.0985 e. The number of unbranched alkanes of at least 4 members (excludes halogenated alkanes) is 2. The number of hydrogen-bond acceptors (Lipinski definition) is 0. The molecule has 0 saturated heterocycles. The van der Waals surface area contributed by atoms with Gasteiger partial charge in [0.25, 0.3) is 0 Å². The van der Waals surface area contributed by atoms with Crippen molar-refractivity contribution in [1.82, 2.24) is 0 Å². The summed E-state index contributed by atoms with van der Waals surface area (Å²) in [6.45, 7) is 6.20. The maximum absolute atomic E-state index is 3.95. The summed E-state index contributed by atoms with van der Waals surface area (Å²) in [4.78, 5) is 0. The van der Waals surface area contributed by atoms with Crippen LogP contribution in [0, 0.1) is 0 Å². The Bertz CT molecular complexity index is 523. The van der Waals surface area contributed by atoms with E-state index >= 15 is 0 Å². The Labute approximate surface area is 116 Å². The SMILES string of the molecule is C=Cc1cccc(-c2ccccc2)c1CCCCC. The highest BCUT2D eigenvalue weighted by molar-refractivity contribution is 5.72. The van der Waals surface area contributed by atoms with Crippen LogP contribution in [0.15, 0.2) is 55.1 Å². The van der Waals surface area contributed by atoms with E-state index in [1.165, 1.54) is 41.5 Å². The Hall–Kier alpha value is -1.82. The number of rotatable bonds is 6. The van der Waals surface area contributed by atoms with Gasteiger partial charge in [-0.1, -0.05) is 81.0 Å². The Kier molecular flexibility index (Phi) is 4.97. The molecule has 0 aliphatic carbocycles. The lowest BCUT2D eigenvalue weighted by atomic mass is 9.92. The molecule has 0 bridgehead atoms. The van der Waals surface area contributed by atoms with Crippen LogP contribution in [0.1, 0.15) is 37.3 Å². The normalized spacial score (nSPS) is 10.4. The average molecular weight is 250 g/mol. The minimum atomic E-state index is 1.14. The molecule has 0 radical (unpaired) electrons. The molecule has 0 heteroatoms. The lowest BCUT2D eigenvalue weighted by molar-refractivity contribution is 0.717. The zero-order valence-electron chi connectivity index (χ0n) is 11.7. The monoisotopic (exact) mass is 250 g/mol. The van der Waals surface area contributed by atoms with Crippen molar-refractivity contribution < 1.29 is 0 Å². The van der Waals surface area contributed by atoms with Crippen LogP contribution in [-0.2, 0) is 6.42 Å². The molecular formula is C19H22. The van der Waals surface area contributed by atoms with Gasteiger partial charge in [-0.2, -0.15) is 0 Å². The van der Waals surface area contributed by atoms with E-state index in [0.29, 0.717) is 0 Å². The van der Waals surface area contributed by atoms with Gasteiger partial charge in [-0.15, -0.1) is 0 Å². The first-order valence-corrected chi connectivity index (χ1v) is 7.16. The van der Waals surface area contributed by atoms with E-state index in [4.69, 9.17) is 0 Å². The van der Waals surface area contributed by atoms with E-state index in [9.17, 15) is 0 Å². The summed E-state index contributed by atoms with van der Waals surface area (Å²) < 4.78 is 0. The molecule has 0 spiro atoms. The zero-order valence-corrected chi connectivity index (χ0v) is 11.7. The van der Waals surface area contributed by atoms with Crippen molar-refractivity contribution in [3.63, 3.8) is 0 Å². The van der Waals surface area contributed by atoms with Gasteiger partial charge in [0.1, 0.15) is 0 Å². The molecule has 0 saturated carbocycles. The van der Waals surface area contributed by atoms with Crippen LogP contribution in [0.25, 0.3) is 17.2 Å². The van der Waals surface area contributed by atoms with Gasteiger partial charge in [0.05, 0.1) is 0 Å². The predicted octanol–water partition coefficient (Wildman–Crippen LogP) is 5.73. The van der Waals surface area contributed by atoms with Gasteiger partial charge < -0.3 is 0 Å². The Morgan fingerprint density at radius 3 is 2.42 bits per heavy atom. The highest BCUT2D eigenvalue weighted by atomic mass is 14.1. The summed E-state index contributed by atoms with van der Waals surface area (Å²) in [7, 11) is 0. The van der Waals surface area contributed by atoms with Crippen LogP contribution in [0.5, 0.6) is 0 Å². The van der Waals surface area contributed by atoms with Gasteiger partial charge in [-0.05, 0) is 35.1 Å². The molecule has 98 valence electrons. The Balaban J connectivity index is 2.39. The number of hydrogen-bond donors (Lipinski definition) is 0. The summed E-state index contributed by atoms with van der Waals surface area (Å²) in [6.07, 6.45) is 6.92. The minimum absolute atomic E-state index is 1.14. The molecule has 0 N–H and O–H groups in total. The van der Waals surface area contributed by atoms with Crippen LogP contribution in [-0.4, -0.2) is 0 Å². The van der Waals surface area contributed by atoms with Crippen molar-refractivity contribution in [2.75, 3.05) is 0 Å². The largest absolute Gasteiger partial charge is 0.0985 e. The van der Waals surface area contributed by atoms with E-state index < -0.39 is 0 Å². The Morgan fingerprint density at radius 1 is 0.947 bits per heavy atom. The fourth-order valence-corrected chi connectivity index (χ4v) is 2.51. The molecule has 2 rings (SSSR count).